The standard InChI is InChI=1S/C17H18BrNO2/c1-21-12-16-5-3-2-4-15(16)11-19-17(20)14-8-6-13(10-18)7-9-14/h2-9H,10-12H2,1H3,(H,19,20). The van der Waals surface area contributed by atoms with E-state index in [0.717, 1.165) is 22.0 Å². The molecule has 0 bridgehead atoms. The van der Waals surface area contributed by atoms with Gasteiger partial charge in [0.05, 0.1) is 6.61 Å². The molecule has 0 fully saturated rings. The molecule has 1 amide bonds. The number of hydrogen-bond donors (Lipinski definition) is 1. The second-order valence-electron chi connectivity index (χ2n) is 4.71. The number of alkyl halides is 1. The number of carbonyl (C=O) groups excluding carboxylic acids is 1. The normalized spacial score (nSPS) is 10.4. The SMILES string of the molecule is COCc1ccccc1CNC(=O)c1ccc(CBr)cc1. The van der Waals surface area contributed by atoms with Gasteiger partial charge in [0.2, 0.25) is 0 Å². The molecule has 2 aromatic carbocycles. The zero-order valence-electron chi connectivity index (χ0n) is 11.9. The van der Waals surface area contributed by atoms with Crippen LogP contribution >= 0.6 is 15.9 Å². The average Bonchev–Trinajstić information content (AvgIpc) is 2.54. The Bertz CT molecular complexity index is 596. The summed E-state index contributed by atoms with van der Waals surface area (Å²) in [6, 6.07) is 15.5. The van der Waals surface area contributed by atoms with Crippen molar-refractivity contribution < 1.29 is 9.53 Å². The molecule has 110 valence electrons. The topological polar surface area (TPSA) is 38.3 Å². The second kappa shape index (κ2) is 7.96. The number of methoxy groups -OCH3 is 1. The Morgan fingerprint density at radius 2 is 1.76 bits per heavy atom. The molecule has 0 aliphatic heterocycles. The predicted molar refractivity (Wildman–Crippen MR) is 87.4 cm³/mol. The third kappa shape index (κ3) is 4.41. The highest BCUT2D eigenvalue weighted by molar-refractivity contribution is 9.08. The number of halogens is 1. The van der Waals surface area contributed by atoms with Crippen molar-refractivity contribution in [1.82, 2.24) is 5.32 Å². The minimum Gasteiger partial charge on any atom is -0.380 e. The maximum atomic E-state index is 12.1. The highest BCUT2D eigenvalue weighted by Crippen LogP contribution is 2.11. The van der Waals surface area contributed by atoms with E-state index >= 15 is 0 Å². The van der Waals surface area contributed by atoms with Crippen molar-refractivity contribution in [1.29, 1.82) is 0 Å². The Morgan fingerprint density at radius 3 is 2.38 bits per heavy atom. The number of carbonyl (C=O) groups is 1. The third-order valence-corrected chi connectivity index (χ3v) is 3.88. The van der Waals surface area contributed by atoms with Gasteiger partial charge >= 0.3 is 0 Å². The van der Waals surface area contributed by atoms with E-state index in [1.54, 1.807) is 7.11 Å². The summed E-state index contributed by atoms with van der Waals surface area (Å²) in [6.07, 6.45) is 0. The lowest BCUT2D eigenvalue weighted by Gasteiger charge is -2.10. The van der Waals surface area contributed by atoms with Gasteiger partial charge in [0, 0.05) is 24.5 Å². The Balaban J connectivity index is 2.00. The summed E-state index contributed by atoms with van der Waals surface area (Å²) >= 11 is 3.39. The highest BCUT2D eigenvalue weighted by atomic mass is 79.9. The zero-order valence-corrected chi connectivity index (χ0v) is 13.5. The predicted octanol–water partition coefficient (Wildman–Crippen LogP) is 3.66. The van der Waals surface area contributed by atoms with Gasteiger partial charge in [0.15, 0.2) is 0 Å². The molecular formula is C17H18BrNO2. The van der Waals surface area contributed by atoms with Crippen LogP contribution in [-0.4, -0.2) is 13.0 Å². The lowest BCUT2D eigenvalue weighted by atomic mass is 10.1. The van der Waals surface area contributed by atoms with Gasteiger partial charge in [0.25, 0.3) is 5.91 Å². The molecular weight excluding hydrogens is 330 g/mol. The molecule has 0 aliphatic rings. The molecule has 0 saturated heterocycles. The first-order chi connectivity index (χ1) is 10.2. The molecule has 1 N–H and O–H groups in total. The number of ether oxygens (including phenoxy) is 1. The van der Waals surface area contributed by atoms with Crippen LogP contribution in [0.3, 0.4) is 0 Å². The lowest BCUT2D eigenvalue weighted by Crippen LogP contribution is -2.23. The van der Waals surface area contributed by atoms with E-state index in [1.807, 2.05) is 48.5 Å². The molecule has 3 nitrogen and oxygen atoms in total. The van der Waals surface area contributed by atoms with Gasteiger partial charge in [-0.15, -0.1) is 0 Å². The van der Waals surface area contributed by atoms with Crippen molar-refractivity contribution in [2.75, 3.05) is 7.11 Å². The fourth-order valence-corrected chi connectivity index (χ4v) is 2.42. The fourth-order valence-electron chi connectivity index (χ4n) is 2.05. The molecule has 21 heavy (non-hydrogen) atoms. The summed E-state index contributed by atoms with van der Waals surface area (Å²) in [7, 11) is 1.67. The van der Waals surface area contributed by atoms with Crippen LogP contribution in [0, 0.1) is 0 Å². The molecule has 0 heterocycles. The van der Waals surface area contributed by atoms with Crippen LogP contribution in [0.2, 0.25) is 0 Å². The Labute approximate surface area is 133 Å². The fraction of sp³-hybridized carbons (Fsp3) is 0.235. The summed E-state index contributed by atoms with van der Waals surface area (Å²) in [5.74, 6) is -0.0663. The molecule has 0 spiro atoms. The van der Waals surface area contributed by atoms with Crippen LogP contribution in [-0.2, 0) is 23.2 Å². The highest BCUT2D eigenvalue weighted by Gasteiger charge is 2.07. The van der Waals surface area contributed by atoms with Gasteiger partial charge in [0.1, 0.15) is 0 Å². The maximum absolute atomic E-state index is 12.1. The minimum atomic E-state index is -0.0663. The van der Waals surface area contributed by atoms with E-state index in [0.29, 0.717) is 18.7 Å². The average molecular weight is 348 g/mol. The van der Waals surface area contributed by atoms with Gasteiger partial charge in [-0.3, -0.25) is 4.79 Å². The lowest BCUT2D eigenvalue weighted by molar-refractivity contribution is 0.0950. The number of nitrogens with one attached hydrogen (secondary N) is 1. The smallest absolute Gasteiger partial charge is 0.251 e. The number of amides is 1. The van der Waals surface area contributed by atoms with E-state index in [1.165, 1.54) is 0 Å². The first-order valence-electron chi connectivity index (χ1n) is 6.73. The Kier molecular flexibility index (Phi) is 5.96. The summed E-state index contributed by atoms with van der Waals surface area (Å²) in [5, 5.41) is 3.74. The van der Waals surface area contributed by atoms with Crippen LogP contribution in [0.25, 0.3) is 0 Å². The van der Waals surface area contributed by atoms with E-state index in [-0.39, 0.29) is 5.91 Å². The van der Waals surface area contributed by atoms with Crippen molar-refractivity contribution in [3.8, 4) is 0 Å². The molecule has 0 unspecified atom stereocenters. The first-order valence-corrected chi connectivity index (χ1v) is 7.85. The molecule has 0 aliphatic carbocycles. The monoisotopic (exact) mass is 347 g/mol. The minimum absolute atomic E-state index is 0.0663. The van der Waals surface area contributed by atoms with Crippen molar-refractivity contribution in [3.05, 3.63) is 70.8 Å². The largest absolute Gasteiger partial charge is 0.380 e. The van der Waals surface area contributed by atoms with E-state index < -0.39 is 0 Å². The van der Waals surface area contributed by atoms with Gasteiger partial charge in [-0.2, -0.15) is 0 Å². The van der Waals surface area contributed by atoms with Gasteiger partial charge in [-0.05, 0) is 28.8 Å². The maximum Gasteiger partial charge on any atom is 0.251 e. The second-order valence-corrected chi connectivity index (χ2v) is 5.28. The number of benzene rings is 2. The number of rotatable bonds is 6. The van der Waals surface area contributed by atoms with Crippen molar-refractivity contribution in [3.63, 3.8) is 0 Å². The van der Waals surface area contributed by atoms with Crippen molar-refractivity contribution >= 4 is 21.8 Å². The van der Waals surface area contributed by atoms with Crippen LogP contribution in [0.5, 0.6) is 0 Å². The molecule has 0 atom stereocenters. The quantitative estimate of drug-likeness (QED) is 0.809. The summed E-state index contributed by atoms with van der Waals surface area (Å²) in [5.41, 5.74) is 3.99. The van der Waals surface area contributed by atoms with Gasteiger partial charge < -0.3 is 10.1 Å². The molecule has 4 heteroatoms. The molecule has 0 saturated carbocycles. The summed E-state index contributed by atoms with van der Waals surface area (Å²) in [6.45, 7) is 1.05. The Hall–Kier alpha value is -1.65. The van der Waals surface area contributed by atoms with E-state index in [9.17, 15) is 4.79 Å². The third-order valence-electron chi connectivity index (χ3n) is 3.23. The summed E-state index contributed by atoms with van der Waals surface area (Å²) in [4.78, 5) is 12.1. The summed E-state index contributed by atoms with van der Waals surface area (Å²) < 4.78 is 5.17. The molecule has 0 aromatic heterocycles. The molecule has 2 aromatic rings. The molecule has 2 rings (SSSR count). The van der Waals surface area contributed by atoms with E-state index in [2.05, 4.69) is 21.2 Å². The van der Waals surface area contributed by atoms with Crippen molar-refractivity contribution in [2.45, 2.75) is 18.5 Å². The van der Waals surface area contributed by atoms with Crippen LogP contribution in [0.15, 0.2) is 48.5 Å². The van der Waals surface area contributed by atoms with Gasteiger partial charge in [-0.1, -0.05) is 52.3 Å². The number of hydrogen-bond acceptors (Lipinski definition) is 2. The Morgan fingerprint density at radius 1 is 1.10 bits per heavy atom. The van der Waals surface area contributed by atoms with E-state index in [4.69, 9.17) is 4.74 Å². The molecule has 0 radical (unpaired) electrons. The van der Waals surface area contributed by atoms with Crippen molar-refractivity contribution in [2.24, 2.45) is 0 Å². The van der Waals surface area contributed by atoms with Gasteiger partial charge in [-0.25, -0.2) is 0 Å². The van der Waals surface area contributed by atoms with Crippen LogP contribution in [0.1, 0.15) is 27.0 Å². The zero-order chi connectivity index (χ0) is 15.1. The van der Waals surface area contributed by atoms with Crippen LogP contribution in [0.4, 0.5) is 0 Å². The first kappa shape index (κ1) is 15.7. The van der Waals surface area contributed by atoms with Crippen LogP contribution < -0.4 is 5.32 Å².